The van der Waals surface area contributed by atoms with Crippen molar-refractivity contribution in [2.45, 2.75) is 102 Å². The van der Waals surface area contributed by atoms with Gasteiger partial charge in [0.15, 0.2) is 5.78 Å². The maximum absolute atomic E-state index is 11.6. The molecular weight excluding hydrogens is 351 g/mol. The van der Waals surface area contributed by atoms with E-state index < -0.39 is 27.8 Å². The predicted molar refractivity (Wildman–Crippen MR) is 95.9 cm³/mol. The molecule has 0 heterocycles. The first kappa shape index (κ1) is 27.8. The normalized spacial score (nSPS) is 12.6. The van der Waals surface area contributed by atoms with Gasteiger partial charge in [-0.3, -0.25) is 4.79 Å². The monoisotopic (exact) mass is 386 g/mol. The van der Waals surface area contributed by atoms with Crippen molar-refractivity contribution >= 4 is 15.9 Å². The van der Waals surface area contributed by atoms with Gasteiger partial charge in [-0.05, 0) is 6.42 Å². The molecule has 1 atom stereocenters. The number of rotatable bonds is 17. The summed E-state index contributed by atoms with van der Waals surface area (Å²) in [5.74, 6) is -0.657. The van der Waals surface area contributed by atoms with Gasteiger partial charge in [0, 0.05) is 6.42 Å². The molecule has 0 bridgehead atoms. The summed E-state index contributed by atoms with van der Waals surface area (Å²) in [5.41, 5.74) is 0. The van der Waals surface area contributed by atoms with Crippen molar-refractivity contribution in [3.63, 3.8) is 0 Å². The predicted octanol–water partition coefficient (Wildman–Crippen LogP) is 0.947. The van der Waals surface area contributed by atoms with E-state index in [0.717, 1.165) is 19.3 Å². The van der Waals surface area contributed by atoms with E-state index in [9.17, 15) is 17.8 Å². The Labute approximate surface area is 176 Å². The molecule has 0 saturated heterocycles. The molecular formula is C18H35NaO5S. The largest absolute Gasteiger partial charge is 1.00 e. The Morgan fingerprint density at radius 1 is 0.840 bits per heavy atom. The standard InChI is InChI=1S/C18H36O5S.Na/c1-2-3-4-5-6-7-8-9-10-11-12-13-14-15-17(20)18(16-19)24(21,22)23;/h18-19H,2-16H2,1H3,(H,21,22,23);/q;+1/p-1. The van der Waals surface area contributed by atoms with Gasteiger partial charge in [0.2, 0.25) is 0 Å². The van der Waals surface area contributed by atoms with E-state index in [1.165, 1.54) is 57.8 Å². The Morgan fingerprint density at radius 3 is 1.52 bits per heavy atom. The average molecular weight is 387 g/mol. The second-order valence-corrected chi connectivity index (χ2v) is 8.18. The third-order valence-corrected chi connectivity index (χ3v) is 5.51. The summed E-state index contributed by atoms with van der Waals surface area (Å²) in [5, 5.41) is 7.05. The number of unbranched alkanes of at least 4 members (excludes halogenated alkanes) is 12. The zero-order valence-corrected chi connectivity index (χ0v) is 19.0. The van der Waals surface area contributed by atoms with E-state index in [0.29, 0.717) is 6.42 Å². The van der Waals surface area contributed by atoms with Crippen molar-refractivity contribution in [3.8, 4) is 0 Å². The van der Waals surface area contributed by atoms with Crippen LogP contribution in [-0.2, 0) is 14.9 Å². The Balaban J connectivity index is 0. The number of carbonyl (C=O) groups excluding carboxylic acids is 1. The van der Waals surface area contributed by atoms with Gasteiger partial charge in [-0.15, -0.1) is 0 Å². The summed E-state index contributed by atoms with van der Waals surface area (Å²) < 4.78 is 32.4. The molecule has 0 aliphatic heterocycles. The topological polar surface area (TPSA) is 94.5 Å². The molecule has 0 aliphatic rings. The molecule has 5 nitrogen and oxygen atoms in total. The molecule has 144 valence electrons. The number of hydrogen-bond donors (Lipinski definition) is 1. The van der Waals surface area contributed by atoms with Crippen molar-refractivity contribution in [1.29, 1.82) is 0 Å². The minimum Gasteiger partial charge on any atom is -0.747 e. The molecule has 7 heteroatoms. The van der Waals surface area contributed by atoms with E-state index >= 15 is 0 Å². The van der Waals surface area contributed by atoms with Crippen LogP contribution in [0.3, 0.4) is 0 Å². The maximum Gasteiger partial charge on any atom is 1.00 e. The van der Waals surface area contributed by atoms with Gasteiger partial charge in [0.05, 0.1) is 6.61 Å². The molecule has 0 aromatic carbocycles. The SMILES string of the molecule is CCCCCCCCCCCCCCCC(=O)C(CO)S(=O)(=O)[O-].[Na+]. The number of carbonyl (C=O) groups is 1. The fourth-order valence-electron chi connectivity index (χ4n) is 2.83. The Kier molecular flexibility index (Phi) is 19.9. The maximum atomic E-state index is 11.6. The van der Waals surface area contributed by atoms with Crippen LogP contribution < -0.4 is 29.6 Å². The zero-order valence-electron chi connectivity index (χ0n) is 16.2. The molecule has 0 spiro atoms. The van der Waals surface area contributed by atoms with E-state index in [4.69, 9.17) is 5.11 Å². The molecule has 0 aromatic heterocycles. The molecule has 0 amide bonds. The van der Waals surface area contributed by atoms with Crippen LogP contribution in [0.5, 0.6) is 0 Å². The van der Waals surface area contributed by atoms with Crippen molar-refractivity contribution in [3.05, 3.63) is 0 Å². The number of hydrogen-bond acceptors (Lipinski definition) is 5. The second-order valence-electron chi connectivity index (χ2n) is 6.62. The summed E-state index contributed by atoms with van der Waals surface area (Å²) in [6.45, 7) is 1.32. The van der Waals surface area contributed by atoms with Crippen molar-refractivity contribution in [1.82, 2.24) is 0 Å². The van der Waals surface area contributed by atoms with Gasteiger partial charge >= 0.3 is 29.6 Å². The zero-order chi connectivity index (χ0) is 18.3. The first-order valence-corrected chi connectivity index (χ1v) is 11.0. The molecule has 0 aromatic rings. The third-order valence-electron chi connectivity index (χ3n) is 4.40. The Bertz CT molecular complexity index is 412. The third kappa shape index (κ3) is 16.4. The molecule has 25 heavy (non-hydrogen) atoms. The van der Waals surface area contributed by atoms with Crippen LogP contribution in [0.25, 0.3) is 0 Å². The van der Waals surface area contributed by atoms with Gasteiger partial charge in [0.25, 0.3) is 0 Å². The quantitative estimate of drug-likeness (QED) is 0.228. The van der Waals surface area contributed by atoms with Crippen molar-refractivity contribution < 1.29 is 52.4 Å². The van der Waals surface area contributed by atoms with Crippen LogP contribution in [-0.4, -0.2) is 35.7 Å². The fraction of sp³-hybridized carbons (Fsp3) is 0.944. The minimum atomic E-state index is -4.73. The van der Waals surface area contributed by atoms with Gasteiger partial charge < -0.3 is 9.66 Å². The van der Waals surface area contributed by atoms with Gasteiger partial charge in [-0.1, -0.05) is 84.0 Å². The molecule has 0 radical (unpaired) electrons. The number of aliphatic hydroxyl groups excluding tert-OH is 1. The second kappa shape index (κ2) is 17.9. The number of aliphatic hydroxyl groups is 1. The number of Topliss-reactive ketones (excluding diaryl/α,β-unsaturated/α-hetero) is 1. The van der Waals surface area contributed by atoms with Crippen LogP contribution in [0.4, 0.5) is 0 Å². The van der Waals surface area contributed by atoms with Crippen LogP contribution in [0, 0.1) is 0 Å². The first-order valence-electron chi connectivity index (χ1n) is 9.51. The fourth-order valence-corrected chi connectivity index (χ4v) is 3.45. The van der Waals surface area contributed by atoms with Gasteiger partial charge in [-0.2, -0.15) is 0 Å². The average Bonchev–Trinajstić information content (AvgIpc) is 2.51. The van der Waals surface area contributed by atoms with E-state index in [-0.39, 0.29) is 36.0 Å². The smallest absolute Gasteiger partial charge is 0.747 e. The molecule has 0 fully saturated rings. The summed E-state index contributed by atoms with van der Waals surface area (Å²) in [6.07, 6.45) is 15.4. The number of ketones is 1. The Morgan fingerprint density at radius 2 is 1.20 bits per heavy atom. The minimum absolute atomic E-state index is 0. The van der Waals surface area contributed by atoms with E-state index in [1.807, 2.05) is 0 Å². The molecule has 1 unspecified atom stereocenters. The van der Waals surface area contributed by atoms with Crippen LogP contribution in [0.15, 0.2) is 0 Å². The summed E-state index contributed by atoms with van der Waals surface area (Å²) in [7, 11) is -4.73. The van der Waals surface area contributed by atoms with E-state index in [2.05, 4.69) is 6.92 Å². The molecule has 1 N–H and O–H groups in total. The van der Waals surface area contributed by atoms with Crippen molar-refractivity contribution in [2.75, 3.05) is 6.61 Å². The summed E-state index contributed by atoms with van der Waals surface area (Å²) in [6, 6.07) is 0. The van der Waals surface area contributed by atoms with Gasteiger partial charge in [0.1, 0.15) is 15.4 Å². The van der Waals surface area contributed by atoms with Crippen LogP contribution >= 0.6 is 0 Å². The Hall–Kier alpha value is 0.540. The first-order chi connectivity index (χ1) is 11.4. The van der Waals surface area contributed by atoms with Crippen LogP contribution in [0.2, 0.25) is 0 Å². The van der Waals surface area contributed by atoms with Gasteiger partial charge in [-0.25, -0.2) is 8.42 Å². The van der Waals surface area contributed by atoms with Crippen molar-refractivity contribution in [2.24, 2.45) is 0 Å². The molecule has 0 rings (SSSR count). The molecule has 0 aliphatic carbocycles. The molecule has 0 saturated carbocycles. The summed E-state index contributed by atoms with van der Waals surface area (Å²) in [4.78, 5) is 11.6. The summed E-state index contributed by atoms with van der Waals surface area (Å²) >= 11 is 0. The van der Waals surface area contributed by atoms with E-state index in [1.54, 1.807) is 0 Å². The van der Waals surface area contributed by atoms with Crippen LogP contribution in [0.1, 0.15) is 96.8 Å².